The summed E-state index contributed by atoms with van der Waals surface area (Å²) in [6.45, 7) is 4.31. The lowest BCUT2D eigenvalue weighted by atomic mass is 9.92. The summed E-state index contributed by atoms with van der Waals surface area (Å²) in [6.07, 6.45) is 3.88. The first-order valence-electron chi connectivity index (χ1n) is 7.27. The molecule has 1 heterocycles. The molecule has 0 amide bonds. The molecule has 1 saturated heterocycles. The molecule has 2 N–H and O–H groups in total. The van der Waals surface area contributed by atoms with E-state index in [1.807, 2.05) is 18.2 Å². The van der Waals surface area contributed by atoms with Crippen molar-refractivity contribution in [1.29, 1.82) is 0 Å². The fraction of sp³-hybridized carbons (Fsp3) is 0.625. The molecule has 0 aliphatic carbocycles. The molecule has 3 heteroatoms. The van der Waals surface area contributed by atoms with Crippen molar-refractivity contribution in [3.8, 4) is 0 Å². The van der Waals surface area contributed by atoms with Crippen molar-refractivity contribution in [2.24, 2.45) is 0 Å². The minimum atomic E-state index is -0.348. The van der Waals surface area contributed by atoms with Gasteiger partial charge in [-0.25, -0.2) is 0 Å². The van der Waals surface area contributed by atoms with Gasteiger partial charge in [-0.05, 0) is 38.9 Å². The molecule has 1 aromatic rings. The number of likely N-dealkylation sites (N-methyl/N-ethyl adjacent to an activating group) is 1. The maximum Gasteiger partial charge on any atom is 0.0652 e. The van der Waals surface area contributed by atoms with E-state index < -0.39 is 0 Å². The molecule has 2 unspecified atom stereocenters. The van der Waals surface area contributed by atoms with Crippen LogP contribution >= 0.6 is 0 Å². The Kier molecular flexibility index (Phi) is 4.97. The fourth-order valence-electron chi connectivity index (χ4n) is 2.80. The monoisotopic (exact) mass is 262 g/mol. The number of piperidine rings is 1. The van der Waals surface area contributed by atoms with Gasteiger partial charge in [0.2, 0.25) is 0 Å². The standard InChI is InChI=1S/C16H26N2O/c1-16(13-19,14-8-4-3-5-9-14)17-12-15-10-6-7-11-18(15)2/h3-5,8-9,15,17,19H,6-7,10-13H2,1-2H3. The average molecular weight is 262 g/mol. The van der Waals surface area contributed by atoms with Crippen LogP contribution in [0.2, 0.25) is 0 Å². The van der Waals surface area contributed by atoms with Gasteiger partial charge in [-0.1, -0.05) is 36.8 Å². The van der Waals surface area contributed by atoms with E-state index in [0.29, 0.717) is 6.04 Å². The van der Waals surface area contributed by atoms with E-state index in [4.69, 9.17) is 0 Å². The molecule has 1 aromatic carbocycles. The van der Waals surface area contributed by atoms with E-state index in [-0.39, 0.29) is 12.1 Å². The van der Waals surface area contributed by atoms with Crippen molar-refractivity contribution in [2.75, 3.05) is 26.7 Å². The molecule has 1 aliphatic rings. The van der Waals surface area contributed by atoms with Crippen molar-refractivity contribution in [3.63, 3.8) is 0 Å². The second kappa shape index (κ2) is 6.51. The van der Waals surface area contributed by atoms with Crippen LogP contribution in [-0.4, -0.2) is 42.8 Å². The average Bonchev–Trinajstić information content (AvgIpc) is 2.47. The first kappa shape index (κ1) is 14.5. The Morgan fingerprint density at radius 2 is 2.05 bits per heavy atom. The first-order valence-corrected chi connectivity index (χ1v) is 7.27. The Balaban J connectivity index is 1.99. The number of nitrogens with one attached hydrogen (secondary N) is 1. The molecular weight excluding hydrogens is 236 g/mol. The van der Waals surface area contributed by atoms with Crippen LogP contribution < -0.4 is 5.32 Å². The van der Waals surface area contributed by atoms with Crippen LogP contribution in [0.3, 0.4) is 0 Å². The van der Waals surface area contributed by atoms with Crippen molar-refractivity contribution >= 4 is 0 Å². The van der Waals surface area contributed by atoms with E-state index >= 15 is 0 Å². The number of benzene rings is 1. The number of nitrogens with zero attached hydrogens (tertiary/aromatic N) is 1. The fourth-order valence-corrected chi connectivity index (χ4v) is 2.80. The van der Waals surface area contributed by atoms with Crippen LogP contribution in [0.5, 0.6) is 0 Å². The van der Waals surface area contributed by atoms with Gasteiger partial charge in [-0.15, -0.1) is 0 Å². The molecule has 0 aromatic heterocycles. The van der Waals surface area contributed by atoms with Gasteiger partial charge < -0.3 is 15.3 Å². The van der Waals surface area contributed by atoms with Gasteiger partial charge in [0.25, 0.3) is 0 Å². The summed E-state index contributed by atoms with van der Waals surface area (Å²) in [5.74, 6) is 0. The van der Waals surface area contributed by atoms with Crippen molar-refractivity contribution in [1.82, 2.24) is 10.2 Å². The summed E-state index contributed by atoms with van der Waals surface area (Å²) in [4.78, 5) is 2.43. The van der Waals surface area contributed by atoms with E-state index in [0.717, 1.165) is 12.1 Å². The second-order valence-corrected chi connectivity index (χ2v) is 5.87. The summed E-state index contributed by atoms with van der Waals surface area (Å²) in [5.41, 5.74) is 0.801. The number of aliphatic hydroxyl groups excluding tert-OH is 1. The molecule has 3 nitrogen and oxygen atoms in total. The lowest BCUT2D eigenvalue weighted by molar-refractivity contribution is 0.137. The number of hydrogen-bond donors (Lipinski definition) is 2. The lowest BCUT2D eigenvalue weighted by Crippen LogP contribution is -2.50. The Morgan fingerprint density at radius 3 is 2.68 bits per heavy atom. The van der Waals surface area contributed by atoms with Gasteiger partial charge in [-0.2, -0.15) is 0 Å². The number of rotatable bonds is 5. The predicted molar refractivity (Wildman–Crippen MR) is 79.2 cm³/mol. The summed E-state index contributed by atoms with van der Waals surface area (Å²) in [6, 6.07) is 10.8. The van der Waals surface area contributed by atoms with Crippen LogP contribution in [0.25, 0.3) is 0 Å². The third-order valence-electron chi connectivity index (χ3n) is 4.38. The van der Waals surface area contributed by atoms with E-state index in [1.165, 1.54) is 25.8 Å². The second-order valence-electron chi connectivity index (χ2n) is 5.87. The zero-order valence-electron chi connectivity index (χ0n) is 12.1. The number of hydrogen-bond acceptors (Lipinski definition) is 3. The minimum Gasteiger partial charge on any atom is -0.394 e. The third-order valence-corrected chi connectivity index (χ3v) is 4.38. The Hall–Kier alpha value is -0.900. The number of aliphatic hydroxyl groups is 1. The van der Waals surface area contributed by atoms with Crippen molar-refractivity contribution in [3.05, 3.63) is 35.9 Å². The molecule has 1 aliphatic heterocycles. The smallest absolute Gasteiger partial charge is 0.0652 e. The molecule has 0 bridgehead atoms. The molecular formula is C16H26N2O. The van der Waals surface area contributed by atoms with Crippen molar-refractivity contribution < 1.29 is 5.11 Å². The van der Waals surface area contributed by atoms with Crippen LogP contribution in [-0.2, 0) is 5.54 Å². The van der Waals surface area contributed by atoms with Gasteiger partial charge in [0.05, 0.1) is 12.1 Å². The topological polar surface area (TPSA) is 35.5 Å². The highest BCUT2D eigenvalue weighted by Crippen LogP contribution is 2.21. The van der Waals surface area contributed by atoms with Crippen molar-refractivity contribution in [2.45, 2.75) is 37.8 Å². The molecule has 19 heavy (non-hydrogen) atoms. The SMILES string of the molecule is CN1CCCCC1CNC(C)(CO)c1ccccc1. The van der Waals surface area contributed by atoms with Gasteiger partial charge in [0.1, 0.15) is 0 Å². The Labute approximate surface area is 116 Å². The Bertz CT molecular complexity index is 382. The lowest BCUT2D eigenvalue weighted by Gasteiger charge is -2.37. The molecule has 0 spiro atoms. The zero-order chi connectivity index (χ0) is 13.7. The van der Waals surface area contributed by atoms with Crippen LogP contribution in [0.15, 0.2) is 30.3 Å². The maximum atomic E-state index is 9.76. The Morgan fingerprint density at radius 1 is 1.32 bits per heavy atom. The summed E-state index contributed by atoms with van der Waals surface area (Å²) >= 11 is 0. The summed E-state index contributed by atoms with van der Waals surface area (Å²) in [5, 5.41) is 13.3. The molecule has 1 fully saturated rings. The van der Waals surface area contributed by atoms with E-state index in [1.54, 1.807) is 0 Å². The molecule has 2 atom stereocenters. The first-order chi connectivity index (χ1) is 9.15. The van der Waals surface area contributed by atoms with E-state index in [9.17, 15) is 5.11 Å². The predicted octanol–water partition coefficient (Wildman–Crippen LogP) is 1.97. The van der Waals surface area contributed by atoms with Crippen LogP contribution in [0.4, 0.5) is 0 Å². The molecule has 106 valence electrons. The van der Waals surface area contributed by atoms with Crippen LogP contribution in [0.1, 0.15) is 31.7 Å². The highest BCUT2D eigenvalue weighted by atomic mass is 16.3. The van der Waals surface area contributed by atoms with E-state index in [2.05, 4.69) is 36.3 Å². The number of likely N-dealkylation sites (tertiary alicyclic amines) is 1. The minimum absolute atomic E-state index is 0.118. The molecule has 0 saturated carbocycles. The van der Waals surface area contributed by atoms with Gasteiger partial charge in [0.15, 0.2) is 0 Å². The highest BCUT2D eigenvalue weighted by molar-refractivity contribution is 5.23. The largest absolute Gasteiger partial charge is 0.394 e. The maximum absolute atomic E-state index is 9.76. The summed E-state index contributed by atoms with van der Waals surface area (Å²) < 4.78 is 0. The van der Waals surface area contributed by atoms with Gasteiger partial charge in [0, 0.05) is 12.6 Å². The normalized spacial score (nSPS) is 24.1. The third kappa shape index (κ3) is 3.56. The quantitative estimate of drug-likeness (QED) is 0.851. The highest BCUT2D eigenvalue weighted by Gasteiger charge is 2.27. The molecule has 2 rings (SSSR count). The van der Waals surface area contributed by atoms with Crippen LogP contribution in [0, 0.1) is 0 Å². The molecule has 0 radical (unpaired) electrons. The zero-order valence-corrected chi connectivity index (χ0v) is 12.1. The summed E-state index contributed by atoms with van der Waals surface area (Å²) in [7, 11) is 2.20. The van der Waals surface area contributed by atoms with Gasteiger partial charge >= 0.3 is 0 Å². The van der Waals surface area contributed by atoms with Gasteiger partial charge in [-0.3, -0.25) is 0 Å².